The third-order valence-electron chi connectivity index (χ3n) is 2.72. The molecule has 0 spiro atoms. The lowest BCUT2D eigenvalue weighted by molar-refractivity contribution is -0.140. The standard InChI is InChI=1S/C13H17NO6/c1-2-8-6-7-10(20-8)12(17)14-9(13(18)19)4-3-5-11(15)16/h6-7,9H,2-5H2,1H3,(H,14,17)(H,15,16)(H,18,19)/t9-/m1/s1. The van der Waals surface area contributed by atoms with E-state index in [0.717, 1.165) is 0 Å². The van der Waals surface area contributed by atoms with Crippen molar-refractivity contribution in [1.29, 1.82) is 0 Å². The minimum absolute atomic E-state index is 0.0475. The predicted molar refractivity (Wildman–Crippen MR) is 68.5 cm³/mol. The molecule has 1 atom stereocenters. The topological polar surface area (TPSA) is 117 Å². The summed E-state index contributed by atoms with van der Waals surface area (Å²) in [6, 6.07) is 2.00. The summed E-state index contributed by atoms with van der Waals surface area (Å²) in [4.78, 5) is 33.2. The van der Waals surface area contributed by atoms with Crippen LogP contribution in [0, 0.1) is 0 Å². The largest absolute Gasteiger partial charge is 0.481 e. The Labute approximate surface area is 115 Å². The molecule has 7 heteroatoms. The van der Waals surface area contributed by atoms with Crippen molar-refractivity contribution in [1.82, 2.24) is 5.32 Å². The lowest BCUT2D eigenvalue weighted by Crippen LogP contribution is -2.40. The van der Waals surface area contributed by atoms with Crippen molar-refractivity contribution < 1.29 is 29.0 Å². The molecule has 0 fully saturated rings. The number of hydrogen-bond acceptors (Lipinski definition) is 4. The highest BCUT2D eigenvalue weighted by atomic mass is 16.4. The van der Waals surface area contributed by atoms with Crippen molar-refractivity contribution >= 4 is 17.8 Å². The quantitative estimate of drug-likeness (QED) is 0.661. The van der Waals surface area contributed by atoms with Crippen LogP contribution in [-0.2, 0) is 16.0 Å². The number of carboxylic acids is 2. The number of furan rings is 1. The predicted octanol–water partition coefficient (Wildman–Crippen LogP) is 1.28. The normalized spacial score (nSPS) is 11.8. The van der Waals surface area contributed by atoms with E-state index in [4.69, 9.17) is 14.6 Å². The highest BCUT2D eigenvalue weighted by molar-refractivity contribution is 5.94. The monoisotopic (exact) mass is 283 g/mol. The summed E-state index contributed by atoms with van der Waals surface area (Å²) >= 11 is 0. The van der Waals surface area contributed by atoms with Gasteiger partial charge in [-0.1, -0.05) is 6.92 Å². The van der Waals surface area contributed by atoms with Crippen LogP contribution in [-0.4, -0.2) is 34.1 Å². The number of carboxylic acid groups (broad SMARTS) is 2. The average Bonchev–Trinajstić information content (AvgIpc) is 2.85. The molecule has 0 saturated carbocycles. The van der Waals surface area contributed by atoms with E-state index in [1.54, 1.807) is 6.07 Å². The van der Waals surface area contributed by atoms with Gasteiger partial charge in [-0.15, -0.1) is 0 Å². The Morgan fingerprint density at radius 1 is 1.30 bits per heavy atom. The van der Waals surface area contributed by atoms with Crippen molar-refractivity contribution in [2.24, 2.45) is 0 Å². The second-order valence-corrected chi connectivity index (χ2v) is 4.27. The molecule has 0 saturated heterocycles. The van der Waals surface area contributed by atoms with E-state index in [2.05, 4.69) is 5.32 Å². The maximum atomic E-state index is 11.8. The van der Waals surface area contributed by atoms with Gasteiger partial charge in [-0.2, -0.15) is 0 Å². The van der Waals surface area contributed by atoms with E-state index in [1.165, 1.54) is 6.07 Å². The molecule has 20 heavy (non-hydrogen) atoms. The molecule has 0 radical (unpaired) electrons. The molecule has 1 rings (SSSR count). The Morgan fingerprint density at radius 3 is 2.50 bits per heavy atom. The molecule has 0 aliphatic heterocycles. The Hall–Kier alpha value is -2.31. The molecular formula is C13H17NO6. The van der Waals surface area contributed by atoms with Gasteiger partial charge in [0.25, 0.3) is 5.91 Å². The highest BCUT2D eigenvalue weighted by Crippen LogP contribution is 2.09. The van der Waals surface area contributed by atoms with Gasteiger partial charge in [0.1, 0.15) is 11.8 Å². The third kappa shape index (κ3) is 4.75. The van der Waals surface area contributed by atoms with Crippen molar-refractivity contribution in [2.45, 2.75) is 38.6 Å². The smallest absolute Gasteiger partial charge is 0.326 e. The summed E-state index contributed by atoms with van der Waals surface area (Å²) in [5, 5.41) is 19.8. The number of aryl methyl sites for hydroxylation is 1. The van der Waals surface area contributed by atoms with Crippen molar-refractivity contribution in [3.8, 4) is 0 Å². The fourth-order valence-electron chi connectivity index (χ4n) is 1.63. The van der Waals surface area contributed by atoms with Crippen LogP contribution >= 0.6 is 0 Å². The first-order chi connectivity index (χ1) is 9.43. The molecule has 7 nitrogen and oxygen atoms in total. The summed E-state index contributed by atoms with van der Waals surface area (Å²) in [6.07, 6.45) is 0.717. The molecular weight excluding hydrogens is 266 g/mol. The molecule has 0 aliphatic carbocycles. The molecule has 110 valence electrons. The minimum atomic E-state index is -1.20. The maximum absolute atomic E-state index is 11.8. The molecule has 0 aromatic carbocycles. The molecule has 0 aliphatic rings. The van der Waals surface area contributed by atoms with Crippen LogP contribution in [0.1, 0.15) is 42.5 Å². The van der Waals surface area contributed by atoms with Gasteiger partial charge in [0.05, 0.1) is 0 Å². The van der Waals surface area contributed by atoms with Gasteiger partial charge in [0, 0.05) is 12.8 Å². The first kappa shape index (κ1) is 15.7. The summed E-state index contributed by atoms with van der Waals surface area (Å²) in [5.41, 5.74) is 0. The second-order valence-electron chi connectivity index (χ2n) is 4.27. The number of aliphatic carboxylic acids is 2. The summed E-state index contributed by atoms with van der Waals surface area (Å²) in [7, 11) is 0. The van der Waals surface area contributed by atoms with Crippen LogP contribution in [0.3, 0.4) is 0 Å². The number of hydrogen-bond donors (Lipinski definition) is 3. The Kier molecular flexibility index (Phi) is 5.76. The van der Waals surface area contributed by atoms with E-state index < -0.39 is 23.9 Å². The van der Waals surface area contributed by atoms with Crippen LogP contribution in [0.25, 0.3) is 0 Å². The fraction of sp³-hybridized carbons (Fsp3) is 0.462. The number of rotatable bonds is 8. The zero-order valence-corrected chi connectivity index (χ0v) is 11.1. The number of carbonyl (C=O) groups excluding carboxylic acids is 1. The van der Waals surface area contributed by atoms with E-state index >= 15 is 0 Å². The third-order valence-corrected chi connectivity index (χ3v) is 2.72. The van der Waals surface area contributed by atoms with Crippen molar-refractivity contribution in [3.05, 3.63) is 23.7 Å². The first-order valence-corrected chi connectivity index (χ1v) is 6.28. The van der Waals surface area contributed by atoms with Crippen molar-refractivity contribution in [3.63, 3.8) is 0 Å². The van der Waals surface area contributed by atoms with Crippen LogP contribution in [0.4, 0.5) is 0 Å². The lowest BCUT2D eigenvalue weighted by atomic mass is 10.1. The van der Waals surface area contributed by atoms with Gasteiger partial charge < -0.3 is 19.9 Å². The fourth-order valence-corrected chi connectivity index (χ4v) is 1.63. The Bertz CT molecular complexity index is 493. The minimum Gasteiger partial charge on any atom is -0.481 e. The zero-order chi connectivity index (χ0) is 15.1. The molecule has 0 unspecified atom stereocenters. The van der Waals surface area contributed by atoms with Gasteiger partial charge in [-0.25, -0.2) is 4.79 Å². The Balaban J connectivity index is 2.58. The molecule has 0 bridgehead atoms. The molecule has 1 aromatic heterocycles. The molecule has 1 heterocycles. The number of nitrogens with one attached hydrogen (secondary N) is 1. The van der Waals surface area contributed by atoms with E-state index in [9.17, 15) is 14.4 Å². The summed E-state index contributed by atoms with van der Waals surface area (Å²) < 4.78 is 5.22. The molecule has 3 N–H and O–H groups in total. The number of amides is 1. The van der Waals surface area contributed by atoms with Crippen LogP contribution in [0.5, 0.6) is 0 Å². The van der Waals surface area contributed by atoms with E-state index in [1.807, 2.05) is 6.92 Å². The highest BCUT2D eigenvalue weighted by Gasteiger charge is 2.22. The SMILES string of the molecule is CCc1ccc(C(=O)N[C@H](CCCC(=O)O)C(=O)O)o1. The van der Waals surface area contributed by atoms with E-state index in [-0.39, 0.29) is 25.0 Å². The molecule has 1 amide bonds. The Morgan fingerprint density at radius 2 is 2.00 bits per heavy atom. The van der Waals surface area contributed by atoms with Gasteiger partial charge in [-0.3, -0.25) is 9.59 Å². The van der Waals surface area contributed by atoms with Crippen LogP contribution in [0.15, 0.2) is 16.5 Å². The van der Waals surface area contributed by atoms with Gasteiger partial charge in [0.2, 0.25) is 0 Å². The summed E-state index contributed by atoms with van der Waals surface area (Å²) in [5.74, 6) is -2.14. The van der Waals surface area contributed by atoms with Crippen molar-refractivity contribution in [2.75, 3.05) is 0 Å². The average molecular weight is 283 g/mol. The molecule has 1 aromatic rings. The van der Waals surface area contributed by atoms with Gasteiger partial charge in [-0.05, 0) is 25.0 Å². The zero-order valence-electron chi connectivity index (χ0n) is 11.1. The summed E-state index contributed by atoms with van der Waals surface area (Å²) in [6.45, 7) is 1.87. The van der Waals surface area contributed by atoms with Gasteiger partial charge in [0.15, 0.2) is 5.76 Å². The second kappa shape index (κ2) is 7.32. The van der Waals surface area contributed by atoms with E-state index in [0.29, 0.717) is 12.2 Å². The first-order valence-electron chi connectivity index (χ1n) is 6.28. The van der Waals surface area contributed by atoms with Crippen LogP contribution < -0.4 is 5.32 Å². The van der Waals surface area contributed by atoms with Gasteiger partial charge >= 0.3 is 11.9 Å². The van der Waals surface area contributed by atoms with Crippen LogP contribution in [0.2, 0.25) is 0 Å². The lowest BCUT2D eigenvalue weighted by Gasteiger charge is -2.12. The maximum Gasteiger partial charge on any atom is 0.326 e. The number of carbonyl (C=O) groups is 3.